The number of hydrogen-bond donors (Lipinski definition) is 3. The molecule has 3 heterocycles. The van der Waals surface area contributed by atoms with Crippen molar-refractivity contribution in [3.63, 3.8) is 0 Å². The minimum Gasteiger partial charge on any atom is -0.508 e. The Kier molecular flexibility index (Phi) is 5.72. The van der Waals surface area contributed by atoms with E-state index in [1.807, 2.05) is 0 Å². The molecule has 0 saturated heterocycles. The maximum atomic E-state index is 12.3. The van der Waals surface area contributed by atoms with E-state index in [4.69, 9.17) is 4.42 Å². The Morgan fingerprint density at radius 1 is 1.16 bits per heavy atom. The van der Waals surface area contributed by atoms with Gasteiger partial charge >= 0.3 is 0 Å². The third-order valence-electron chi connectivity index (χ3n) is 4.26. The highest BCUT2D eigenvalue weighted by Crippen LogP contribution is 2.21. The lowest BCUT2D eigenvalue weighted by atomic mass is 10.2. The maximum Gasteiger partial charge on any atom is 0.260 e. The average Bonchev–Trinajstić information content (AvgIpc) is 3.37. The van der Waals surface area contributed by atoms with Crippen molar-refractivity contribution in [2.75, 3.05) is 10.6 Å². The third kappa shape index (κ3) is 4.93. The van der Waals surface area contributed by atoms with Gasteiger partial charge in [0.1, 0.15) is 11.5 Å². The molecule has 0 atom stereocenters. The second-order valence-electron chi connectivity index (χ2n) is 6.56. The van der Waals surface area contributed by atoms with Crippen LogP contribution in [0.1, 0.15) is 21.8 Å². The average molecular weight is 435 g/mol. The summed E-state index contributed by atoms with van der Waals surface area (Å²) in [5.41, 5.74) is 2.07. The van der Waals surface area contributed by atoms with Gasteiger partial charge in [0.25, 0.3) is 5.91 Å². The van der Waals surface area contributed by atoms with Gasteiger partial charge in [-0.1, -0.05) is 12.1 Å². The monoisotopic (exact) mass is 435 g/mol. The number of aromatic nitrogens is 3. The third-order valence-corrected chi connectivity index (χ3v) is 5.06. The van der Waals surface area contributed by atoms with Gasteiger partial charge in [-0.2, -0.15) is 0 Å². The van der Waals surface area contributed by atoms with Crippen LogP contribution in [0.2, 0.25) is 0 Å². The van der Waals surface area contributed by atoms with Gasteiger partial charge in [0, 0.05) is 10.9 Å². The number of carbonyl (C=O) groups excluding carboxylic acids is 2. The van der Waals surface area contributed by atoms with Crippen LogP contribution in [0.3, 0.4) is 0 Å². The van der Waals surface area contributed by atoms with Crippen molar-refractivity contribution in [2.45, 2.75) is 13.3 Å². The number of amides is 2. The van der Waals surface area contributed by atoms with Crippen molar-refractivity contribution < 1.29 is 19.1 Å². The van der Waals surface area contributed by atoms with Crippen molar-refractivity contribution in [3.8, 4) is 17.1 Å². The Balaban J connectivity index is 1.34. The minimum atomic E-state index is -0.319. The number of nitrogens with zero attached hydrogens (tertiary/aromatic N) is 3. The van der Waals surface area contributed by atoms with Gasteiger partial charge in [-0.15, -0.1) is 11.3 Å². The molecule has 0 aliphatic heterocycles. The number of nitrogens with one attached hydrogen (secondary N) is 2. The second kappa shape index (κ2) is 8.76. The largest absolute Gasteiger partial charge is 0.508 e. The molecule has 9 nitrogen and oxygen atoms in total. The summed E-state index contributed by atoms with van der Waals surface area (Å²) >= 11 is 1.23. The fraction of sp³-hybridized carbons (Fsp3) is 0.0952. The Morgan fingerprint density at radius 3 is 2.68 bits per heavy atom. The molecule has 0 fully saturated rings. The van der Waals surface area contributed by atoms with Gasteiger partial charge in [0.2, 0.25) is 5.91 Å². The predicted molar refractivity (Wildman–Crippen MR) is 115 cm³/mol. The summed E-state index contributed by atoms with van der Waals surface area (Å²) in [5, 5.41) is 17.1. The first kappa shape index (κ1) is 20.2. The van der Waals surface area contributed by atoms with Crippen LogP contribution in [0, 0.1) is 6.92 Å². The van der Waals surface area contributed by atoms with Crippen LogP contribution in [0.25, 0.3) is 11.4 Å². The predicted octanol–water partition coefficient (Wildman–Crippen LogP) is 3.64. The SMILES string of the molecule is Cc1occc1C(=O)Nc1nc(CC(=O)Nc2cnc(-c3cccc(O)c3)nc2)cs1. The number of thiazole rings is 1. The van der Waals surface area contributed by atoms with Crippen molar-refractivity contribution in [3.05, 3.63) is 71.4 Å². The summed E-state index contributed by atoms with van der Waals surface area (Å²) in [6, 6.07) is 8.18. The van der Waals surface area contributed by atoms with E-state index in [9.17, 15) is 14.7 Å². The number of rotatable bonds is 6. The van der Waals surface area contributed by atoms with E-state index in [2.05, 4.69) is 25.6 Å². The van der Waals surface area contributed by atoms with Crippen LogP contribution < -0.4 is 10.6 Å². The number of aromatic hydroxyl groups is 1. The molecule has 0 aliphatic carbocycles. The van der Waals surface area contributed by atoms with Gasteiger partial charge in [0.15, 0.2) is 11.0 Å². The molecule has 156 valence electrons. The molecule has 2 amide bonds. The fourth-order valence-electron chi connectivity index (χ4n) is 2.79. The number of phenols is 1. The van der Waals surface area contributed by atoms with Gasteiger partial charge in [-0.25, -0.2) is 15.0 Å². The molecule has 4 aromatic rings. The van der Waals surface area contributed by atoms with E-state index >= 15 is 0 Å². The summed E-state index contributed by atoms with van der Waals surface area (Å²) < 4.78 is 5.12. The summed E-state index contributed by atoms with van der Waals surface area (Å²) in [6.07, 6.45) is 4.46. The van der Waals surface area contributed by atoms with Crippen LogP contribution in [-0.2, 0) is 11.2 Å². The number of aryl methyl sites for hydroxylation is 1. The number of benzene rings is 1. The first-order chi connectivity index (χ1) is 15.0. The summed E-state index contributed by atoms with van der Waals surface area (Å²) in [7, 11) is 0. The molecule has 0 radical (unpaired) electrons. The van der Waals surface area contributed by atoms with Crippen LogP contribution in [0.4, 0.5) is 10.8 Å². The molecular weight excluding hydrogens is 418 g/mol. The van der Waals surface area contributed by atoms with Crippen LogP contribution >= 0.6 is 11.3 Å². The number of anilines is 2. The minimum absolute atomic E-state index is 0.0332. The zero-order valence-corrected chi connectivity index (χ0v) is 17.1. The second-order valence-corrected chi connectivity index (χ2v) is 7.42. The summed E-state index contributed by atoms with van der Waals surface area (Å²) in [4.78, 5) is 37.2. The van der Waals surface area contributed by atoms with Crippen molar-refractivity contribution >= 4 is 34.0 Å². The Bertz CT molecular complexity index is 1230. The normalized spacial score (nSPS) is 10.6. The molecule has 0 bridgehead atoms. The van der Waals surface area contributed by atoms with E-state index in [0.717, 1.165) is 0 Å². The topological polar surface area (TPSA) is 130 Å². The summed E-state index contributed by atoms with van der Waals surface area (Å²) in [5.74, 6) is 0.466. The van der Waals surface area contributed by atoms with Crippen LogP contribution in [0.15, 0.2) is 58.8 Å². The van der Waals surface area contributed by atoms with Crippen molar-refractivity contribution in [2.24, 2.45) is 0 Å². The highest BCUT2D eigenvalue weighted by molar-refractivity contribution is 7.14. The smallest absolute Gasteiger partial charge is 0.260 e. The molecule has 0 aliphatic rings. The lowest BCUT2D eigenvalue weighted by Crippen LogP contribution is -2.15. The number of furan rings is 1. The van der Waals surface area contributed by atoms with Crippen LogP contribution in [0.5, 0.6) is 5.75 Å². The number of carbonyl (C=O) groups is 2. The summed E-state index contributed by atoms with van der Waals surface area (Å²) in [6.45, 7) is 1.70. The van der Waals surface area contributed by atoms with Crippen molar-refractivity contribution in [1.29, 1.82) is 0 Å². The van der Waals surface area contributed by atoms with E-state index in [1.165, 1.54) is 30.0 Å². The molecule has 1 aromatic carbocycles. The van der Waals surface area contributed by atoms with Crippen molar-refractivity contribution in [1.82, 2.24) is 15.0 Å². The Labute approximate surface area is 180 Å². The van der Waals surface area contributed by atoms with E-state index in [0.29, 0.717) is 39.2 Å². The Morgan fingerprint density at radius 2 is 1.97 bits per heavy atom. The molecule has 0 spiro atoms. The van der Waals surface area contributed by atoms with Gasteiger partial charge in [-0.3, -0.25) is 14.9 Å². The van der Waals surface area contributed by atoms with E-state index in [-0.39, 0.29) is 24.0 Å². The maximum absolute atomic E-state index is 12.3. The zero-order chi connectivity index (χ0) is 21.8. The van der Waals surface area contributed by atoms with Crippen LogP contribution in [-0.4, -0.2) is 31.9 Å². The lowest BCUT2D eigenvalue weighted by molar-refractivity contribution is -0.115. The molecule has 3 N–H and O–H groups in total. The molecule has 3 aromatic heterocycles. The highest BCUT2D eigenvalue weighted by atomic mass is 32.1. The van der Waals surface area contributed by atoms with Gasteiger partial charge in [-0.05, 0) is 25.1 Å². The molecular formula is C21H17N5O4S. The molecule has 0 saturated carbocycles. The van der Waals surface area contributed by atoms with Gasteiger partial charge < -0.3 is 14.8 Å². The van der Waals surface area contributed by atoms with E-state index < -0.39 is 0 Å². The first-order valence-corrected chi connectivity index (χ1v) is 10.1. The molecule has 0 unspecified atom stereocenters. The number of phenolic OH excluding ortho intramolecular Hbond substituents is 1. The highest BCUT2D eigenvalue weighted by Gasteiger charge is 2.14. The zero-order valence-electron chi connectivity index (χ0n) is 16.3. The van der Waals surface area contributed by atoms with E-state index in [1.54, 1.807) is 42.6 Å². The standard InChI is InChI=1S/C21H17N5O4S/c1-12-17(5-6-30-12)20(29)26-21-25-14(11-31-21)8-18(28)24-15-9-22-19(23-10-15)13-3-2-4-16(27)7-13/h2-7,9-11,27H,8H2,1H3,(H,24,28)(H,25,26,29). The molecule has 4 rings (SSSR count). The lowest BCUT2D eigenvalue weighted by Gasteiger charge is -2.05. The fourth-order valence-corrected chi connectivity index (χ4v) is 3.49. The Hall–Kier alpha value is -4.05. The first-order valence-electron chi connectivity index (χ1n) is 9.19. The van der Waals surface area contributed by atoms with Gasteiger partial charge in [0.05, 0.1) is 42.0 Å². The quantitative estimate of drug-likeness (QED) is 0.421. The molecule has 10 heteroatoms. The number of hydrogen-bond acceptors (Lipinski definition) is 8. The molecule has 31 heavy (non-hydrogen) atoms.